The van der Waals surface area contributed by atoms with E-state index in [1.807, 2.05) is 6.07 Å². The number of benzene rings is 1. The summed E-state index contributed by atoms with van der Waals surface area (Å²) >= 11 is 6.19. The first-order chi connectivity index (χ1) is 17.5. The Labute approximate surface area is 220 Å². The Morgan fingerprint density at radius 2 is 2.08 bits per heavy atom. The Bertz CT molecular complexity index is 1110. The summed E-state index contributed by atoms with van der Waals surface area (Å²) in [6.07, 6.45) is 1.42. The number of halogens is 3. The van der Waals surface area contributed by atoms with Crippen molar-refractivity contribution in [1.82, 2.24) is 15.5 Å². The summed E-state index contributed by atoms with van der Waals surface area (Å²) in [6, 6.07) is 3.18. The Morgan fingerprint density at radius 1 is 1.32 bits per heavy atom. The molecule has 0 aromatic heterocycles. The van der Waals surface area contributed by atoms with E-state index in [0.717, 1.165) is 12.0 Å². The van der Waals surface area contributed by atoms with Gasteiger partial charge in [-0.25, -0.2) is 8.78 Å². The molecule has 4 aliphatic rings. The number of rotatable bonds is 7. The van der Waals surface area contributed by atoms with Crippen molar-refractivity contribution < 1.29 is 23.2 Å². The van der Waals surface area contributed by atoms with E-state index in [4.69, 9.17) is 11.6 Å². The van der Waals surface area contributed by atoms with Crippen LogP contribution in [0.4, 0.5) is 14.5 Å². The van der Waals surface area contributed by atoms with E-state index in [1.54, 1.807) is 32.0 Å². The van der Waals surface area contributed by atoms with Gasteiger partial charge in [0.15, 0.2) is 0 Å². The lowest BCUT2D eigenvalue weighted by molar-refractivity contribution is -0.194. The van der Waals surface area contributed by atoms with E-state index in [0.29, 0.717) is 30.1 Å². The molecule has 0 radical (unpaired) electrons. The Kier molecular flexibility index (Phi) is 7.93. The van der Waals surface area contributed by atoms with Crippen LogP contribution in [0.5, 0.6) is 0 Å². The van der Waals surface area contributed by atoms with Gasteiger partial charge in [0.1, 0.15) is 18.1 Å². The Hall–Kier alpha value is -2.93. The molecule has 1 aliphatic carbocycles. The second-order valence-corrected chi connectivity index (χ2v) is 10.7. The average Bonchev–Trinajstić information content (AvgIpc) is 2.86. The molecule has 11 heteroatoms. The molecule has 1 saturated carbocycles. The summed E-state index contributed by atoms with van der Waals surface area (Å²) in [5.41, 5.74) is 1.38. The summed E-state index contributed by atoms with van der Waals surface area (Å²) in [4.78, 5) is 40.5. The van der Waals surface area contributed by atoms with Crippen LogP contribution >= 0.6 is 11.6 Å². The molecule has 3 saturated heterocycles. The first-order valence-electron chi connectivity index (χ1n) is 12.7. The van der Waals surface area contributed by atoms with Gasteiger partial charge in [-0.3, -0.25) is 14.4 Å². The lowest BCUT2D eigenvalue weighted by Gasteiger charge is -2.54. The zero-order valence-electron chi connectivity index (χ0n) is 20.9. The number of carbonyl (C=O) groups excluding carboxylic acids is 3. The van der Waals surface area contributed by atoms with Crippen LogP contribution in [0, 0.1) is 30.1 Å². The minimum absolute atomic E-state index is 0.0885. The van der Waals surface area contributed by atoms with E-state index in [-0.39, 0.29) is 18.7 Å². The number of piperidine rings is 3. The van der Waals surface area contributed by atoms with E-state index < -0.39 is 60.2 Å². The van der Waals surface area contributed by atoms with E-state index in [9.17, 15) is 28.4 Å². The molecule has 0 unspecified atom stereocenters. The van der Waals surface area contributed by atoms with Crippen molar-refractivity contribution in [1.29, 1.82) is 5.26 Å². The number of amides is 3. The maximum atomic E-state index is 15.0. The number of fused-ring (bicyclic) bond motifs is 3. The topological polar surface area (TPSA) is 114 Å². The van der Waals surface area contributed by atoms with Crippen LogP contribution in [0.15, 0.2) is 18.2 Å². The number of nitriles is 1. The number of nitrogens with one attached hydrogen (secondary N) is 3. The molecule has 200 valence electrons. The molecule has 3 aliphatic heterocycles. The standard InChI is InChI=1S/C26H32ClF2N5O3/c1-14-20(27)6-3-7-21(14)32-15(2)25(37)34-18-8-9-19(26(28,29)12-18)22(34)24(36)33-17(13-30)11-16-5-4-10-31-23(16)35/h3,6-7,15-19,22,32H,4-5,8-12H2,1-2H3,(H,31,35)(H,33,36)/t15-,16-,17-,18+,19+,22-/m0/s1. The lowest BCUT2D eigenvalue weighted by atomic mass is 9.71. The number of anilines is 1. The molecular formula is C26H32ClF2N5O3. The van der Waals surface area contributed by atoms with Gasteiger partial charge in [-0.15, -0.1) is 0 Å². The van der Waals surface area contributed by atoms with Gasteiger partial charge in [0, 0.05) is 35.6 Å². The van der Waals surface area contributed by atoms with Gasteiger partial charge in [-0.2, -0.15) is 5.26 Å². The third-order valence-electron chi connectivity index (χ3n) is 7.86. The molecule has 0 spiro atoms. The zero-order valence-corrected chi connectivity index (χ0v) is 21.7. The average molecular weight is 536 g/mol. The second-order valence-electron chi connectivity index (χ2n) is 10.3. The summed E-state index contributed by atoms with van der Waals surface area (Å²) in [7, 11) is 0. The molecule has 8 nitrogen and oxygen atoms in total. The minimum atomic E-state index is -3.10. The number of carbonyl (C=O) groups is 3. The predicted octanol–water partition coefficient (Wildman–Crippen LogP) is 3.39. The molecule has 3 amide bonds. The summed E-state index contributed by atoms with van der Waals surface area (Å²) < 4.78 is 29.9. The van der Waals surface area contributed by atoms with Gasteiger partial charge in [-0.05, 0) is 63.6 Å². The molecule has 1 aromatic carbocycles. The van der Waals surface area contributed by atoms with Crippen LogP contribution in [-0.4, -0.2) is 59.3 Å². The van der Waals surface area contributed by atoms with Gasteiger partial charge in [0.25, 0.3) is 5.92 Å². The molecule has 6 atom stereocenters. The highest BCUT2D eigenvalue weighted by Gasteiger charge is 2.60. The van der Waals surface area contributed by atoms with Crippen molar-refractivity contribution in [3.63, 3.8) is 0 Å². The monoisotopic (exact) mass is 535 g/mol. The van der Waals surface area contributed by atoms with Crippen LogP contribution in [0.2, 0.25) is 5.02 Å². The fraction of sp³-hybridized carbons (Fsp3) is 0.615. The highest BCUT2D eigenvalue weighted by Crippen LogP contribution is 2.49. The highest BCUT2D eigenvalue weighted by molar-refractivity contribution is 6.31. The number of nitrogens with zero attached hydrogens (tertiary/aromatic N) is 2. The number of hydrogen-bond donors (Lipinski definition) is 3. The van der Waals surface area contributed by atoms with Gasteiger partial charge < -0.3 is 20.9 Å². The van der Waals surface area contributed by atoms with E-state index in [2.05, 4.69) is 16.0 Å². The molecule has 5 rings (SSSR count). The van der Waals surface area contributed by atoms with Gasteiger partial charge in [0.05, 0.1) is 12.0 Å². The van der Waals surface area contributed by atoms with Crippen molar-refractivity contribution >= 4 is 35.0 Å². The molecule has 4 fully saturated rings. The largest absolute Gasteiger partial charge is 0.374 e. The SMILES string of the molecule is Cc1c(Cl)cccc1N[C@@H](C)C(=O)N1[C@@H]2CC[C@H]([C@H]1C(=O)N[C@H](C#N)C[C@@H]1CCCNC1=O)C(F)(F)C2. The Morgan fingerprint density at radius 3 is 2.76 bits per heavy atom. The second kappa shape index (κ2) is 10.8. The normalized spacial score (nSPS) is 28.0. The van der Waals surface area contributed by atoms with Crippen LogP contribution in [-0.2, 0) is 14.4 Å². The van der Waals surface area contributed by atoms with Crippen LogP contribution < -0.4 is 16.0 Å². The van der Waals surface area contributed by atoms with Crippen LogP contribution in [0.3, 0.4) is 0 Å². The zero-order chi connectivity index (χ0) is 26.9. The minimum Gasteiger partial charge on any atom is -0.374 e. The van der Waals surface area contributed by atoms with Crippen molar-refractivity contribution in [3.05, 3.63) is 28.8 Å². The van der Waals surface area contributed by atoms with Crippen LogP contribution in [0.1, 0.15) is 51.0 Å². The van der Waals surface area contributed by atoms with E-state index >= 15 is 0 Å². The molecule has 3 heterocycles. The lowest BCUT2D eigenvalue weighted by Crippen LogP contribution is -2.70. The molecule has 3 N–H and O–H groups in total. The van der Waals surface area contributed by atoms with Gasteiger partial charge >= 0.3 is 0 Å². The number of hydrogen-bond acceptors (Lipinski definition) is 5. The maximum absolute atomic E-state index is 15.0. The third kappa shape index (κ3) is 5.52. The molecule has 37 heavy (non-hydrogen) atoms. The first kappa shape index (κ1) is 27.1. The molecule has 2 bridgehead atoms. The van der Waals surface area contributed by atoms with Crippen LogP contribution in [0.25, 0.3) is 0 Å². The summed E-state index contributed by atoms with van der Waals surface area (Å²) in [5, 5.41) is 18.6. The van der Waals surface area contributed by atoms with Crippen molar-refractivity contribution in [2.45, 2.75) is 82.5 Å². The highest BCUT2D eigenvalue weighted by atomic mass is 35.5. The molecular weight excluding hydrogens is 504 g/mol. The third-order valence-corrected chi connectivity index (χ3v) is 8.27. The Balaban J connectivity index is 1.54. The van der Waals surface area contributed by atoms with Crippen molar-refractivity contribution in [2.24, 2.45) is 11.8 Å². The number of alkyl halides is 2. The predicted molar refractivity (Wildman–Crippen MR) is 134 cm³/mol. The van der Waals surface area contributed by atoms with Gasteiger partial charge in [0.2, 0.25) is 17.7 Å². The van der Waals surface area contributed by atoms with Crippen molar-refractivity contribution in [2.75, 3.05) is 11.9 Å². The smallest absolute Gasteiger partial charge is 0.255 e. The summed E-state index contributed by atoms with van der Waals surface area (Å²) in [6.45, 7) is 3.99. The molecule has 1 aromatic rings. The first-order valence-corrected chi connectivity index (χ1v) is 13.1. The fourth-order valence-corrected chi connectivity index (χ4v) is 6.03. The quantitative estimate of drug-likeness (QED) is 0.495. The van der Waals surface area contributed by atoms with Crippen molar-refractivity contribution in [3.8, 4) is 6.07 Å². The van der Waals surface area contributed by atoms with E-state index in [1.165, 1.54) is 4.90 Å². The maximum Gasteiger partial charge on any atom is 0.255 e. The summed E-state index contributed by atoms with van der Waals surface area (Å²) in [5.74, 6) is -6.32. The fourth-order valence-electron chi connectivity index (χ4n) is 5.85. The van der Waals surface area contributed by atoms with Gasteiger partial charge in [-0.1, -0.05) is 17.7 Å².